The van der Waals surface area contributed by atoms with Crippen molar-refractivity contribution in [2.45, 2.75) is 24.3 Å². The van der Waals surface area contributed by atoms with Gasteiger partial charge in [-0.2, -0.15) is 0 Å². The third kappa shape index (κ3) is 4.12. The van der Waals surface area contributed by atoms with Crippen LogP contribution in [0.1, 0.15) is 29.2 Å². The van der Waals surface area contributed by atoms with Gasteiger partial charge in [-0.3, -0.25) is 4.79 Å². The molecule has 0 spiro atoms. The predicted molar refractivity (Wildman–Crippen MR) is 67.6 cm³/mol. The lowest BCUT2D eigenvalue weighted by Gasteiger charge is -2.10. The van der Waals surface area contributed by atoms with Crippen molar-refractivity contribution < 1.29 is 24.9 Å². The second-order valence-corrected chi connectivity index (χ2v) is 4.41. The number of aryl methyl sites for hydroxylation is 1. The quantitative estimate of drug-likeness (QED) is 0.694. The molecule has 1 unspecified atom stereocenters. The van der Waals surface area contributed by atoms with E-state index in [2.05, 4.69) is 15.9 Å². The summed E-state index contributed by atoms with van der Waals surface area (Å²) in [5.41, 5.74) is 1.76. The van der Waals surface area contributed by atoms with Gasteiger partial charge in [-0.15, -0.1) is 0 Å². The molecule has 1 rings (SSSR count). The van der Waals surface area contributed by atoms with Gasteiger partial charge in [0, 0.05) is 11.8 Å². The van der Waals surface area contributed by atoms with E-state index in [4.69, 9.17) is 10.2 Å². The first-order valence-corrected chi connectivity index (χ1v) is 6.37. The number of aliphatic carboxylic acids is 2. The van der Waals surface area contributed by atoms with E-state index in [0.717, 1.165) is 5.56 Å². The van der Waals surface area contributed by atoms with E-state index in [-0.39, 0.29) is 12.0 Å². The first-order valence-electron chi connectivity index (χ1n) is 5.25. The van der Waals surface area contributed by atoms with Crippen LogP contribution in [0.25, 0.3) is 0 Å². The topological polar surface area (TPSA) is 94.8 Å². The molecule has 1 aromatic rings. The summed E-state index contributed by atoms with van der Waals surface area (Å²) in [7, 11) is 0. The molecule has 1 aromatic carbocycles. The normalized spacial score (nSPS) is 12.1. The van der Waals surface area contributed by atoms with E-state index in [1.165, 1.54) is 6.07 Å². The predicted octanol–water partition coefficient (Wildman–Crippen LogP) is 1.72. The fourth-order valence-electron chi connectivity index (χ4n) is 1.56. The van der Waals surface area contributed by atoms with Crippen molar-refractivity contribution in [3.63, 3.8) is 0 Å². The largest absolute Gasteiger partial charge is 0.481 e. The second-order valence-electron chi connectivity index (χ2n) is 3.85. The Morgan fingerprint density at radius 2 is 1.78 bits per heavy atom. The van der Waals surface area contributed by atoms with E-state index in [9.17, 15) is 14.7 Å². The van der Waals surface area contributed by atoms with Crippen LogP contribution < -0.4 is 0 Å². The number of hydrogen-bond acceptors (Lipinski definition) is 3. The zero-order valence-corrected chi connectivity index (χ0v) is 11.1. The van der Waals surface area contributed by atoms with Crippen molar-refractivity contribution in [2.24, 2.45) is 0 Å². The number of hydrogen-bond donors (Lipinski definition) is 3. The van der Waals surface area contributed by atoms with Gasteiger partial charge in [0.15, 0.2) is 6.10 Å². The van der Waals surface area contributed by atoms with Gasteiger partial charge in [0.05, 0.1) is 0 Å². The number of benzene rings is 1. The summed E-state index contributed by atoms with van der Waals surface area (Å²) in [6.07, 6.45) is -1.32. The Bertz CT molecular complexity index is 458. The Labute approximate surface area is 112 Å². The molecule has 1 atom stereocenters. The van der Waals surface area contributed by atoms with Crippen LogP contribution in [0.2, 0.25) is 0 Å². The fourth-order valence-corrected chi connectivity index (χ4v) is 1.89. The first kappa shape index (κ1) is 14.7. The van der Waals surface area contributed by atoms with Gasteiger partial charge >= 0.3 is 11.9 Å². The Morgan fingerprint density at radius 3 is 2.28 bits per heavy atom. The highest BCUT2D eigenvalue weighted by atomic mass is 79.9. The molecule has 0 radical (unpaired) electrons. The molecule has 18 heavy (non-hydrogen) atoms. The van der Waals surface area contributed by atoms with Gasteiger partial charge in [-0.1, -0.05) is 34.1 Å². The van der Waals surface area contributed by atoms with Crippen molar-refractivity contribution in [3.05, 3.63) is 34.9 Å². The highest BCUT2D eigenvalue weighted by Gasteiger charge is 2.17. The van der Waals surface area contributed by atoms with E-state index in [1.54, 1.807) is 12.1 Å². The molecule has 0 heterocycles. The van der Waals surface area contributed by atoms with Crippen molar-refractivity contribution in [2.75, 3.05) is 0 Å². The minimum Gasteiger partial charge on any atom is -0.481 e. The summed E-state index contributed by atoms with van der Waals surface area (Å²) in [5.74, 6) is -2.24. The molecule has 98 valence electrons. The minimum atomic E-state index is -1.59. The number of halogens is 1. The highest BCUT2D eigenvalue weighted by molar-refractivity contribution is 9.08. The SMILES string of the molecule is O=C(O)CCc1cc(CBr)cc(C(O)C(=O)O)c1. The van der Waals surface area contributed by atoms with Crippen LogP contribution in [-0.4, -0.2) is 27.3 Å². The maximum absolute atomic E-state index is 10.7. The Hall–Kier alpha value is -1.40. The van der Waals surface area contributed by atoms with Crippen molar-refractivity contribution in [3.8, 4) is 0 Å². The summed E-state index contributed by atoms with van der Waals surface area (Å²) in [6, 6.07) is 4.89. The van der Waals surface area contributed by atoms with Crippen molar-refractivity contribution in [1.82, 2.24) is 0 Å². The molecule has 0 aliphatic heterocycles. The van der Waals surface area contributed by atoms with Crippen LogP contribution in [0.15, 0.2) is 18.2 Å². The molecule has 6 heteroatoms. The van der Waals surface area contributed by atoms with Crippen LogP contribution in [0.5, 0.6) is 0 Å². The van der Waals surface area contributed by atoms with Gasteiger partial charge in [-0.25, -0.2) is 4.79 Å². The van der Waals surface area contributed by atoms with Crippen molar-refractivity contribution >= 4 is 27.9 Å². The lowest BCUT2D eigenvalue weighted by molar-refractivity contribution is -0.147. The van der Waals surface area contributed by atoms with Crippen LogP contribution in [-0.2, 0) is 21.3 Å². The number of alkyl halides is 1. The van der Waals surface area contributed by atoms with Crippen LogP contribution in [0.4, 0.5) is 0 Å². The molecule has 0 aromatic heterocycles. The van der Waals surface area contributed by atoms with Gasteiger partial charge in [-0.05, 0) is 23.1 Å². The minimum absolute atomic E-state index is 0.0334. The first-order chi connectivity index (χ1) is 8.43. The van der Waals surface area contributed by atoms with Crippen molar-refractivity contribution in [1.29, 1.82) is 0 Å². The summed E-state index contributed by atoms with van der Waals surface area (Å²) in [4.78, 5) is 21.2. The molecule has 5 nitrogen and oxygen atoms in total. The monoisotopic (exact) mass is 316 g/mol. The Balaban J connectivity index is 3.01. The van der Waals surface area contributed by atoms with E-state index >= 15 is 0 Å². The molecule has 0 amide bonds. The number of carbonyl (C=O) groups is 2. The van der Waals surface area contributed by atoms with Crippen LogP contribution >= 0.6 is 15.9 Å². The summed E-state index contributed by atoms with van der Waals surface area (Å²) in [5, 5.41) is 27.4. The summed E-state index contributed by atoms with van der Waals surface area (Å²) in [6.45, 7) is 0. The van der Waals surface area contributed by atoms with Gasteiger partial charge in [0.2, 0.25) is 0 Å². The molecule has 0 bridgehead atoms. The molecule has 0 saturated carbocycles. The third-order valence-corrected chi connectivity index (χ3v) is 3.05. The molecule has 0 aliphatic carbocycles. The fraction of sp³-hybridized carbons (Fsp3) is 0.333. The molecule has 0 fully saturated rings. The van der Waals surface area contributed by atoms with E-state index in [0.29, 0.717) is 17.3 Å². The summed E-state index contributed by atoms with van der Waals surface area (Å²) < 4.78 is 0. The molecule has 0 saturated heterocycles. The average molecular weight is 317 g/mol. The van der Waals surface area contributed by atoms with E-state index < -0.39 is 18.0 Å². The maximum atomic E-state index is 10.7. The Morgan fingerprint density at radius 1 is 1.17 bits per heavy atom. The van der Waals surface area contributed by atoms with E-state index in [1.807, 2.05) is 0 Å². The second kappa shape index (κ2) is 6.51. The van der Waals surface area contributed by atoms with Gasteiger partial charge < -0.3 is 15.3 Å². The van der Waals surface area contributed by atoms with Gasteiger partial charge in [0.1, 0.15) is 0 Å². The number of aliphatic hydroxyl groups excluding tert-OH is 1. The lowest BCUT2D eigenvalue weighted by Crippen LogP contribution is -2.11. The standard InChI is InChI=1S/C12H13BrO5/c13-6-8-3-7(1-2-10(14)15)4-9(5-8)11(16)12(17)18/h3-5,11,16H,1-2,6H2,(H,14,15)(H,17,18). The van der Waals surface area contributed by atoms with Gasteiger partial charge in [0.25, 0.3) is 0 Å². The summed E-state index contributed by atoms with van der Waals surface area (Å²) >= 11 is 3.25. The molecular formula is C12H13BrO5. The number of carboxylic acids is 2. The molecule has 3 N–H and O–H groups in total. The van der Waals surface area contributed by atoms with Crippen LogP contribution in [0.3, 0.4) is 0 Å². The molecular weight excluding hydrogens is 304 g/mol. The zero-order chi connectivity index (χ0) is 13.7. The smallest absolute Gasteiger partial charge is 0.337 e. The Kier molecular flexibility index (Phi) is 5.30. The number of carboxylic acid groups (broad SMARTS) is 2. The van der Waals surface area contributed by atoms with Crippen LogP contribution in [0, 0.1) is 0 Å². The number of aliphatic hydroxyl groups is 1. The molecule has 0 aliphatic rings. The highest BCUT2D eigenvalue weighted by Crippen LogP contribution is 2.20. The lowest BCUT2D eigenvalue weighted by atomic mass is 10.00. The third-order valence-electron chi connectivity index (χ3n) is 2.41. The average Bonchev–Trinajstić information content (AvgIpc) is 2.34. The zero-order valence-electron chi connectivity index (χ0n) is 9.47. The maximum Gasteiger partial charge on any atom is 0.337 e. The number of rotatable bonds is 6.